The molecule has 0 radical (unpaired) electrons. The van der Waals surface area contributed by atoms with E-state index in [0.29, 0.717) is 29.6 Å². The Morgan fingerprint density at radius 1 is 1.00 bits per heavy atom. The lowest BCUT2D eigenvalue weighted by atomic mass is 10.1. The molecular weight excluding hydrogens is 330 g/mol. The number of aliphatic imine (C=N–C) groups is 1. The first-order valence-electron chi connectivity index (χ1n) is 8.07. The van der Waals surface area contributed by atoms with Gasteiger partial charge in [0, 0.05) is 17.9 Å². The van der Waals surface area contributed by atoms with Gasteiger partial charge < -0.3 is 20.9 Å². The summed E-state index contributed by atoms with van der Waals surface area (Å²) in [7, 11) is 3.23. The number of aromatic nitrogens is 2. The molecule has 1 aromatic heterocycles. The average molecular weight is 351 g/mol. The van der Waals surface area contributed by atoms with Gasteiger partial charge in [0.1, 0.15) is 17.3 Å². The zero-order valence-corrected chi connectivity index (χ0v) is 15.0. The summed E-state index contributed by atoms with van der Waals surface area (Å²) in [5.41, 5.74) is 14.0. The van der Waals surface area contributed by atoms with Gasteiger partial charge in [0.2, 0.25) is 0 Å². The van der Waals surface area contributed by atoms with Crippen LogP contribution in [0.15, 0.2) is 41.4 Å². The van der Waals surface area contributed by atoms with Crippen molar-refractivity contribution < 1.29 is 9.47 Å². The molecule has 134 valence electrons. The molecule has 0 amide bonds. The summed E-state index contributed by atoms with van der Waals surface area (Å²) in [5, 5.41) is 0.811. The number of rotatable bonds is 5. The van der Waals surface area contributed by atoms with E-state index in [1.54, 1.807) is 14.2 Å². The fourth-order valence-corrected chi connectivity index (χ4v) is 2.71. The van der Waals surface area contributed by atoms with Gasteiger partial charge in [-0.3, -0.25) is 0 Å². The number of methoxy groups -OCH3 is 2. The quantitative estimate of drug-likeness (QED) is 0.540. The van der Waals surface area contributed by atoms with E-state index in [9.17, 15) is 0 Å². The highest BCUT2D eigenvalue weighted by Gasteiger charge is 2.10. The van der Waals surface area contributed by atoms with Crippen molar-refractivity contribution in [2.75, 3.05) is 14.2 Å². The maximum absolute atomic E-state index is 5.57. The van der Waals surface area contributed by atoms with Gasteiger partial charge in [-0.15, -0.1) is 0 Å². The lowest BCUT2D eigenvalue weighted by Crippen LogP contribution is -2.22. The van der Waals surface area contributed by atoms with Gasteiger partial charge in [-0.25, -0.2) is 9.97 Å². The first-order chi connectivity index (χ1) is 12.5. The largest absolute Gasteiger partial charge is 0.497 e. The van der Waals surface area contributed by atoms with E-state index in [2.05, 4.69) is 15.0 Å². The second-order valence-electron chi connectivity index (χ2n) is 5.92. The molecule has 0 aliphatic carbocycles. The molecule has 2 aromatic carbocycles. The molecular formula is C19H21N5O2. The van der Waals surface area contributed by atoms with Gasteiger partial charge in [-0.1, -0.05) is 11.6 Å². The minimum Gasteiger partial charge on any atom is -0.497 e. The Kier molecular flexibility index (Phi) is 4.88. The molecule has 3 aromatic rings. The van der Waals surface area contributed by atoms with Crippen LogP contribution >= 0.6 is 0 Å². The maximum atomic E-state index is 5.57. The number of nitrogens with two attached hydrogens (primary N) is 2. The SMILES string of the molecule is COc1cc(Cc2nc(N=C(N)N)c3cc(C)ccc3n2)cc(OC)c1. The van der Waals surface area contributed by atoms with Gasteiger partial charge in [0.15, 0.2) is 11.8 Å². The van der Waals surface area contributed by atoms with E-state index in [-0.39, 0.29) is 5.96 Å². The molecule has 4 N–H and O–H groups in total. The van der Waals surface area contributed by atoms with Crippen LogP contribution in [-0.4, -0.2) is 30.1 Å². The standard InChI is InChI=1S/C19H21N5O2/c1-11-4-5-16-15(6-11)18(24-19(20)21)23-17(22-16)9-12-7-13(25-2)10-14(8-12)26-3/h4-8,10H,9H2,1-3H3,(H4,20,21,22,23,24). The van der Waals surface area contributed by atoms with E-state index in [0.717, 1.165) is 22.0 Å². The maximum Gasteiger partial charge on any atom is 0.192 e. The molecule has 7 nitrogen and oxygen atoms in total. The van der Waals surface area contributed by atoms with Crippen LogP contribution in [0.2, 0.25) is 0 Å². The smallest absolute Gasteiger partial charge is 0.192 e. The summed E-state index contributed by atoms with van der Waals surface area (Å²) < 4.78 is 10.6. The van der Waals surface area contributed by atoms with Crippen LogP contribution in [-0.2, 0) is 6.42 Å². The van der Waals surface area contributed by atoms with Crippen molar-refractivity contribution in [3.05, 3.63) is 53.3 Å². The van der Waals surface area contributed by atoms with Crippen molar-refractivity contribution in [3.8, 4) is 11.5 Å². The Hall–Kier alpha value is -3.35. The van der Waals surface area contributed by atoms with Crippen LogP contribution in [0.1, 0.15) is 17.0 Å². The number of benzene rings is 2. The topological polar surface area (TPSA) is 109 Å². The first-order valence-corrected chi connectivity index (χ1v) is 8.07. The summed E-state index contributed by atoms with van der Waals surface area (Å²) in [6.07, 6.45) is 0.490. The van der Waals surface area contributed by atoms with Crippen molar-refractivity contribution in [3.63, 3.8) is 0 Å². The molecule has 3 rings (SSSR count). The van der Waals surface area contributed by atoms with Crippen LogP contribution in [0, 0.1) is 6.92 Å². The summed E-state index contributed by atoms with van der Waals surface area (Å²) in [6, 6.07) is 11.6. The van der Waals surface area contributed by atoms with Crippen LogP contribution in [0.5, 0.6) is 11.5 Å². The molecule has 0 aliphatic heterocycles. The number of hydrogen-bond donors (Lipinski definition) is 2. The van der Waals surface area contributed by atoms with Gasteiger partial charge in [-0.2, -0.15) is 4.99 Å². The molecule has 0 atom stereocenters. The minimum atomic E-state index is -0.0412. The Balaban J connectivity index is 2.08. The van der Waals surface area contributed by atoms with E-state index < -0.39 is 0 Å². The highest BCUT2D eigenvalue weighted by molar-refractivity contribution is 5.91. The molecule has 0 fully saturated rings. The normalized spacial score (nSPS) is 10.6. The summed E-state index contributed by atoms with van der Waals surface area (Å²) in [4.78, 5) is 13.4. The highest BCUT2D eigenvalue weighted by atomic mass is 16.5. The molecule has 0 bridgehead atoms. The highest BCUT2D eigenvalue weighted by Crippen LogP contribution is 2.27. The number of fused-ring (bicyclic) bond motifs is 1. The zero-order chi connectivity index (χ0) is 18.7. The van der Waals surface area contributed by atoms with E-state index in [1.165, 1.54) is 0 Å². The van der Waals surface area contributed by atoms with Gasteiger partial charge in [-0.05, 0) is 36.8 Å². The molecule has 0 spiro atoms. The van der Waals surface area contributed by atoms with E-state index in [1.807, 2.05) is 43.3 Å². The van der Waals surface area contributed by atoms with Gasteiger partial charge in [0.25, 0.3) is 0 Å². The van der Waals surface area contributed by atoms with Crippen molar-refractivity contribution in [1.29, 1.82) is 0 Å². The van der Waals surface area contributed by atoms with Gasteiger partial charge in [0.05, 0.1) is 19.7 Å². The molecule has 0 unspecified atom stereocenters. The second kappa shape index (κ2) is 7.26. The summed E-state index contributed by atoms with van der Waals surface area (Å²) in [5.74, 6) is 2.45. The van der Waals surface area contributed by atoms with Crippen molar-refractivity contribution >= 4 is 22.7 Å². The molecule has 0 saturated heterocycles. The summed E-state index contributed by atoms with van der Waals surface area (Å²) >= 11 is 0. The predicted molar refractivity (Wildman–Crippen MR) is 102 cm³/mol. The minimum absolute atomic E-state index is 0.0412. The second-order valence-corrected chi connectivity index (χ2v) is 5.92. The van der Waals surface area contributed by atoms with Crippen LogP contribution in [0.4, 0.5) is 5.82 Å². The van der Waals surface area contributed by atoms with Crippen molar-refractivity contribution in [2.45, 2.75) is 13.3 Å². The third kappa shape index (κ3) is 3.83. The molecule has 7 heteroatoms. The van der Waals surface area contributed by atoms with Gasteiger partial charge >= 0.3 is 0 Å². The van der Waals surface area contributed by atoms with E-state index >= 15 is 0 Å². The molecule has 0 aliphatic rings. The third-order valence-corrected chi connectivity index (χ3v) is 3.89. The van der Waals surface area contributed by atoms with Crippen LogP contribution in [0.25, 0.3) is 10.9 Å². The van der Waals surface area contributed by atoms with Crippen LogP contribution < -0.4 is 20.9 Å². The number of hydrogen-bond acceptors (Lipinski definition) is 5. The van der Waals surface area contributed by atoms with Crippen molar-refractivity contribution in [2.24, 2.45) is 16.5 Å². The average Bonchev–Trinajstić information content (AvgIpc) is 2.61. The Morgan fingerprint density at radius 3 is 2.31 bits per heavy atom. The molecule has 1 heterocycles. The number of nitrogens with zero attached hydrogens (tertiary/aromatic N) is 3. The summed E-state index contributed by atoms with van der Waals surface area (Å²) in [6.45, 7) is 2.00. The Labute approximate surface area is 151 Å². The van der Waals surface area contributed by atoms with Crippen molar-refractivity contribution in [1.82, 2.24) is 9.97 Å². The lowest BCUT2D eigenvalue weighted by molar-refractivity contribution is 0.393. The predicted octanol–water partition coefficient (Wildman–Crippen LogP) is 2.45. The van der Waals surface area contributed by atoms with Crippen LogP contribution in [0.3, 0.4) is 0 Å². The van der Waals surface area contributed by atoms with E-state index in [4.69, 9.17) is 20.9 Å². The number of ether oxygens (including phenoxy) is 2. The fourth-order valence-electron chi connectivity index (χ4n) is 2.71. The Bertz CT molecular complexity index is 959. The lowest BCUT2D eigenvalue weighted by Gasteiger charge is -2.10. The first kappa shape index (κ1) is 17.5. The number of guanidine groups is 1. The zero-order valence-electron chi connectivity index (χ0n) is 15.0. The third-order valence-electron chi connectivity index (χ3n) is 3.89. The fraction of sp³-hybridized carbons (Fsp3) is 0.211. The number of aryl methyl sites for hydroxylation is 1. The molecule has 26 heavy (non-hydrogen) atoms. The monoisotopic (exact) mass is 351 g/mol. The Morgan fingerprint density at radius 2 is 1.69 bits per heavy atom. The molecule has 0 saturated carbocycles.